The van der Waals surface area contributed by atoms with Gasteiger partial charge in [-0.15, -0.1) is 0 Å². The van der Waals surface area contributed by atoms with Gasteiger partial charge in [0.1, 0.15) is 5.69 Å². The Morgan fingerprint density at radius 1 is 1.06 bits per heavy atom. The van der Waals surface area contributed by atoms with Gasteiger partial charge in [-0.2, -0.15) is 4.31 Å². The lowest BCUT2D eigenvalue weighted by Crippen LogP contribution is -2.38. The Balaban J connectivity index is 1.43. The lowest BCUT2D eigenvalue weighted by Gasteiger charge is -2.30. The molecule has 0 radical (unpaired) electrons. The molecule has 3 aromatic carbocycles. The third-order valence-electron chi connectivity index (χ3n) is 9.02. The summed E-state index contributed by atoms with van der Waals surface area (Å²) in [5, 5.41) is 26.8. The van der Waals surface area contributed by atoms with Gasteiger partial charge in [0.05, 0.1) is 26.0 Å². The molecule has 0 bridgehead atoms. The number of nitrogens with zero attached hydrogens (tertiary/aromatic N) is 3. The van der Waals surface area contributed by atoms with Crippen LogP contribution >= 0.6 is 34.8 Å². The molecule has 1 fully saturated rings. The summed E-state index contributed by atoms with van der Waals surface area (Å²) in [4.78, 5) is 40.5. The predicted octanol–water partition coefficient (Wildman–Crippen LogP) is 9.00. The van der Waals surface area contributed by atoms with Gasteiger partial charge in [-0.3, -0.25) is 14.9 Å². The van der Waals surface area contributed by atoms with Gasteiger partial charge in [0.2, 0.25) is 15.8 Å². The second kappa shape index (κ2) is 14.1. The fraction of sp³-hybridized carbons (Fsp3) is 0.250. The number of carboxylic acids is 1. The molecule has 3 heterocycles. The number of para-hydroxylation sites is 2. The number of aliphatic carboxylic acids is 1. The van der Waals surface area contributed by atoms with Gasteiger partial charge in [-0.25, -0.2) is 13.2 Å². The number of piperidine rings is 1. The van der Waals surface area contributed by atoms with E-state index in [1.165, 1.54) is 40.8 Å². The summed E-state index contributed by atoms with van der Waals surface area (Å²) >= 11 is 19.4. The number of aromatic nitrogens is 2. The largest absolute Gasteiger partial charge is 0.478 e. The summed E-state index contributed by atoms with van der Waals surface area (Å²) in [5.41, 5.74) is 0.644. The van der Waals surface area contributed by atoms with Crippen LogP contribution in [0.4, 0.5) is 5.69 Å². The zero-order valence-corrected chi connectivity index (χ0v) is 31.0. The third kappa shape index (κ3) is 6.86. The molecule has 0 aliphatic carbocycles. The normalized spacial score (nSPS) is 14.9. The molecule has 5 aromatic rings. The van der Waals surface area contributed by atoms with Gasteiger partial charge in [0.15, 0.2) is 10.7 Å². The van der Waals surface area contributed by atoms with Crippen LogP contribution in [0.25, 0.3) is 28.2 Å². The maximum atomic E-state index is 14.7. The fourth-order valence-electron chi connectivity index (χ4n) is 6.44. The van der Waals surface area contributed by atoms with E-state index >= 15 is 0 Å². The Bertz CT molecular complexity index is 2380. The standard InChI is InChI=1S/C36H31Cl3N4O8S/c1-36(2,3)24(35(45)46)15-20-7-6-8-22-23(18-40-31(20)22)33(44)30-32(29-25(38)16-21(37)17-26(29)39)41-51-34(30)19-11-13-42(14-12-19)52(49,50)28-10-5-4-9-27(28)43(47)48/h4-10,15-19,40H,11-14H2,1-3H3,(H,45,46)/b24-15-. The predicted molar refractivity (Wildman–Crippen MR) is 198 cm³/mol. The average molecular weight is 786 g/mol. The van der Waals surface area contributed by atoms with Gasteiger partial charge in [0.25, 0.3) is 5.69 Å². The SMILES string of the molecule is CC(C)(C)/C(=C\c1cccc2c(C(=O)c3c(-c4c(Cl)cc(Cl)cc4Cl)noc3C3CCN(S(=O)(=O)c4ccccc4[N+](=O)[O-])CC3)c[nH]c12)C(=O)O. The summed E-state index contributed by atoms with van der Waals surface area (Å²) in [6, 6.07) is 13.3. The van der Waals surface area contributed by atoms with Crippen LogP contribution in [0.2, 0.25) is 15.1 Å². The topological polar surface area (TPSA) is 177 Å². The lowest BCUT2D eigenvalue weighted by atomic mass is 9.85. The van der Waals surface area contributed by atoms with E-state index in [1.54, 1.807) is 45.0 Å². The van der Waals surface area contributed by atoms with E-state index in [2.05, 4.69) is 10.1 Å². The van der Waals surface area contributed by atoms with Crippen molar-refractivity contribution >= 4 is 79.2 Å². The number of nitrogens with one attached hydrogen (secondary N) is 1. The van der Waals surface area contributed by atoms with E-state index in [-0.39, 0.29) is 74.7 Å². The lowest BCUT2D eigenvalue weighted by molar-refractivity contribution is -0.387. The number of fused-ring (bicyclic) bond motifs is 1. The first-order chi connectivity index (χ1) is 24.5. The quantitative estimate of drug-likeness (QED) is 0.0639. The van der Waals surface area contributed by atoms with Crippen LogP contribution in [0.3, 0.4) is 0 Å². The number of ketones is 1. The number of sulfonamides is 1. The number of halogens is 3. The van der Waals surface area contributed by atoms with E-state index in [4.69, 9.17) is 39.3 Å². The molecule has 2 N–H and O–H groups in total. The number of rotatable bonds is 9. The van der Waals surface area contributed by atoms with Crippen LogP contribution in [0, 0.1) is 15.5 Å². The first kappa shape index (κ1) is 37.2. The fourth-order valence-corrected chi connectivity index (χ4v) is 9.06. The van der Waals surface area contributed by atoms with Gasteiger partial charge in [0, 0.05) is 58.4 Å². The van der Waals surface area contributed by atoms with E-state index in [1.807, 2.05) is 0 Å². The molecular formula is C36H31Cl3N4O8S. The molecule has 12 nitrogen and oxygen atoms in total. The first-order valence-corrected chi connectivity index (χ1v) is 18.6. The summed E-state index contributed by atoms with van der Waals surface area (Å²) in [6.45, 7) is 5.35. The van der Waals surface area contributed by atoms with Gasteiger partial charge >= 0.3 is 5.97 Å². The van der Waals surface area contributed by atoms with Crippen LogP contribution in [-0.2, 0) is 14.8 Å². The second-order valence-electron chi connectivity index (χ2n) is 13.3. The summed E-state index contributed by atoms with van der Waals surface area (Å²) in [5.74, 6) is -1.86. The van der Waals surface area contributed by atoms with Gasteiger partial charge in [-0.05, 0) is 48.1 Å². The number of hydrogen-bond donors (Lipinski definition) is 2. The van der Waals surface area contributed by atoms with Crippen LogP contribution in [0.15, 0.2) is 75.8 Å². The molecule has 6 rings (SSSR count). The molecule has 0 unspecified atom stereocenters. The Hall–Kier alpha value is -4.53. The highest BCUT2D eigenvalue weighted by Crippen LogP contribution is 2.44. The summed E-state index contributed by atoms with van der Waals surface area (Å²) in [6.07, 6.45) is 3.50. The summed E-state index contributed by atoms with van der Waals surface area (Å²) in [7, 11) is -4.22. The van der Waals surface area contributed by atoms with Crippen molar-refractivity contribution in [3.63, 3.8) is 0 Å². The number of nitro groups is 1. The molecule has 52 heavy (non-hydrogen) atoms. The molecule has 1 saturated heterocycles. The molecule has 1 aliphatic heterocycles. The average Bonchev–Trinajstić information content (AvgIpc) is 3.71. The number of H-pyrrole nitrogens is 1. The van der Waals surface area contributed by atoms with E-state index in [0.29, 0.717) is 16.5 Å². The van der Waals surface area contributed by atoms with Crippen molar-refractivity contribution in [3.05, 3.63) is 114 Å². The van der Waals surface area contributed by atoms with Crippen molar-refractivity contribution in [3.8, 4) is 11.3 Å². The van der Waals surface area contributed by atoms with E-state index in [9.17, 15) is 33.2 Å². The minimum absolute atomic E-state index is 0.0202. The number of carbonyl (C=O) groups is 2. The molecule has 0 spiro atoms. The highest BCUT2D eigenvalue weighted by atomic mass is 35.5. The molecule has 0 saturated carbocycles. The van der Waals surface area contributed by atoms with Crippen molar-refractivity contribution in [2.75, 3.05) is 13.1 Å². The van der Waals surface area contributed by atoms with Crippen LogP contribution in [0.1, 0.15) is 66.8 Å². The number of benzene rings is 3. The highest BCUT2D eigenvalue weighted by molar-refractivity contribution is 7.89. The zero-order chi connectivity index (χ0) is 37.7. The van der Waals surface area contributed by atoms with Crippen LogP contribution in [-0.4, -0.2) is 57.7 Å². The molecule has 16 heteroatoms. The molecule has 270 valence electrons. The molecule has 0 atom stereocenters. The Kier molecular flexibility index (Phi) is 10.1. The smallest absolute Gasteiger partial charge is 0.332 e. The van der Waals surface area contributed by atoms with Crippen molar-refractivity contribution < 1.29 is 32.6 Å². The highest BCUT2D eigenvalue weighted by Gasteiger charge is 2.38. The minimum atomic E-state index is -4.22. The summed E-state index contributed by atoms with van der Waals surface area (Å²) < 4.78 is 34.2. The minimum Gasteiger partial charge on any atom is -0.478 e. The van der Waals surface area contributed by atoms with Gasteiger partial charge in [-0.1, -0.05) is 91.1 Å². The number of nitro benzene ring substituents is 1. The Labute approximate surface area is 313 Å². The maximum absolute atomic E-state index is 14.7. The molecule has 0 amide bonds. The van der Waals surface area contributed by atoms with Crippen molar-refractivity contribution in [2.24, 2.45) is 5.41 Å². The maximum Gasteiger partial charge on any atom is 0.332 e. The van der Waals surface area contributed by atoms with Crippen molar-refractivity contribution in [1.82, 2.24) is 14.4 Å². The van der Waals surface area contributed by atoms with Crippen LogP contribution < -0.4 is 0 Å². The first-order valence-electron chi connectivity index (χ1n) is 16.0. The number of carbonyl (C=O) groups excluding carboxylic acids is 1. The van der Waals surface area contributed by atoms with Crippen molar-refractivity contribution in [1.29, 1.82) is 0 Å². The number of carboxylic acid groups (broad SMARTS) is 1. The molecular weight excluding hydrogens is 755 g/mol. The molecule has 1 aliphatic rings. The van der Waals surface area contributed by atoms with E-state index in [0.717, 1.165) is 6.07 Å². The Morgan fingerprint density at radius 2 is 1.71 bits per heavy atom. The monoisotopic (exact) mass is 784 g/mol. The third-order valence-corrected chi connectivity index (χ3v) is 11.8. The second-order valence-corrected chi connectivity index (χ2v) is 16.5. The molecule has 2 aromatic heterocycles. The zero-order valence-electron chi connectivity index (χ0n) is 27.9. The van der Waals surface area contributed by atoms with E-state index < -0.39 is 48.6 Å². The van der Waals surface area contributed by atoms with Crippen molar-refractivity contribution in [2.45, 2.75) is 44.4 Å². The number of aromatic amines is 1. The number of hydrogen-bond acceptors (Lipinski definition) is 8. The van der Waals surface area contributed by atoms with Crippen LogP contribution in [0.5, 0.6) is 0 Å². The Morgan fingerprint density at radius 3 is 2.33 bits per heavy atom. The van der Waals surface area contributed by atoms with Gasteiger partial charge < -0.3 is 14.6 Å².